The van der Waals surface area contributed by atoms with Gasteiger partial charge in [0.25, 0.3) is 0 Å². The Morgan fingerprint density at radius 2 is 2.13 bits per heavy atom. The van der Waals surface area contributed by atoms with Crippen LogP contribution < -0.4 is 11.1 Å². The molecule has 2 rings (SSSR count). The van der Waals surface area contributed by atoms with Gasteiger partial charge in [-0.15, -0.1) is 0 Å². The Bertz CT molecular complexity index is 203. The molecule has 1 saturated carbocycles. The van der Waals surface area contributed by atoms with E-state index in [9.17, 15) is 0 Å². The van der Waals surface area contributed by atoms with Crippen molar-refractivity contribution in [3.8, 4) is 0 Å². The summed E-state index contributed by atoms with van der Waals surface area (Å²) in [5, 5.41) is 3.79. The van der Waals surface area contributed by atoms with Crippen LogP contribution in [0.25, 0.3) is 0 Å². The summed E-state index contributed by atoms with van der Waals surface area (Å²) in [4.78, 5) is 2.55. The second kappa shape index (κ2) is 4.81. The van der Waals surface area contributed by atoms with Crippen molar-refractivity contribution in [3.05, 3.63) is 0 Å². The largest absolute Gasteiger partial charge is 0.329 e. The Morgan fingerprint density at radius 1 is 1.33 bits per heavy atom. The topological polar surface area (TPSA) is 41.3 Å². The number of nitrogens with one attached hydrogen (secondary N) is 1. The molecule has 1 heterocycles. The van der Waals surface area contributed by atoms with Crippen LogP contribution in [0.4, 0.5) is 0 Å². The first-order valence-corrected chi connectivity index (χ1v) is 6.48. The van der Waals surface area contributed by atoms with Gasteiger partial charge < -0.3 is 16.0 Å². The van der Waals surface area contributed by atoms with E-state index >= 15 is 0 Å². The van der Waals surface area contributed by atoms with Crippen LogP contribution in [0, 0.1) is 0 Å². The molecular weight excluding hydrogens is 186 g/mol. The second-order valence-electron chi connectivity index (χ2n) is 5.19. The molecule has 0 aromatic carbocycles. The molecule has 3 nitrogen and oxygen atoms in total. The summed E-state index contributed by atoms with van der Waals surface area (Å²) in [6, 6.07) is 0.779. The fourth-order valence-electron chi connectivity index (χ4n) is 2.63. The molecule has 2 fully saturated rings. The van der Waals surface area contributed by atoms with Gasteiger partial charge in [0.05, 0.1) is 0 Å². The fourth-order valence-corrected chi connectivity index (χ4v) is 2.63. The molecule has 0 radical (unpaired) electrons. The molecule has 1 saturated heterocycles. The summed E-state index contributed by atoms with van der Waals surface area (Å²) in [6.45, 7) is 6.72. The Kier molecular flexibility index (Phi) is 3.65. The second-order valence-corrected chi connectivity index (χ2v) is 5.19. The van der Waals surface area contributed by atoms with Crippen LogP contribution in [0.15, 0.2) is 0 Å². The summed E-state index contributed by atoms with van der Waals surface area (Å²) in [7, 11) is 0. The van der Waals surface area contributed by atoms with Gasteiger partial charge in [0.15, 0.2) is 0 Å². The molecule has 1 atom stereocenters. The van der Waals surface area contributed by atoms with E-state index in [0.29, 0.717) is 0 Å². The van der Waals surface area contributed by atoms with E-state index in [-0.39, 0.29) is 5.54 Å². The zero-order chi connectivity index (χ0) is 10.7. The molecule has 88 valence electrons. The van der Waals surface area contributed by atoms with E-state index in [2.05, 4.69) is 17.1 Å². The SMILES string of the molecule is CCN1CCCC(CN)(NC2CC2)CC1. The lowest BCUT2D eigenvalue weighted by Crippen LogP contribution is -2.52. The average Bonchev–Trinajstić information content (AvgIpc) is 3.06. The first kappa shape index (κ1) is 11.4. The van der Waals surface area contributed by atoms with Gasteiger partial charge in [-0.25, -0.2) is 0 Å². The van der Waals surface area contributed by atoms with E-state index in [1.807, 2.05) is 0 Å². The molecule has 1 aliphatic heterocycles. The number of hydrogen-bond donors (Lipinski definition) is 2. The molecule has 3 heteroatoms. The molecule has 0 aromatic rings. The molecule has 0 spiro atoms. The van der Waals surface area contributed by atoms with Crippen molar-refractivity contribution in [3.63, 3.8) is 0 Å². The lowest BCUT2D eigenvalue weighted by molar-refractivity contribution is 0.264. The highest BCUT2D eigenvalue weighted by Gasteiger charge is 2.36. The van der Waals surface area contributed by atoms with Crippen LogP contribution in [-0.4, -0.2) is 42.7 Å². The third-order valence-corrected chi connectivity index (χ3v) is 3.96. The molecular formula is C12H25N3. The maximum Gasteiger partial charge on any atom is 0.0319 e. The van der Waals surface area contributed by atoms with Crippen LogP contribution >= 0.6 is 0 Å². The predicted molar refractivity (Wildman–Crippen MR) is 63.9 cm³/mol. The summed E-state index contributed by atoms with van der Waals surface area (Å²) >= 11 is 0. The third-order valence-electron chi connectivity index (χ3n) is 3.96. The first-order valence-electron chi connectivity index (χ1n) is 6.48. The standard InChI is InChI=1S/C12H25N3/c1-2-15-8-3-6-12(10-13,7-9-15)14-11-4-5-11/h11,14H,2-10,13H2,1H3. The van der Waals surface area contributed by atoms with E-state index in [0.717, 1.165) is 12.6 Å². The van der Waals surface area contributed by atoms with Crippen LogP contribution in [0.3, 0.4) is 0 Å². The maximum atomic E-state index is 5.99. The quantitative estimate of drug-likeness (QED) is 0.727. The monoisotopic (exact) mass is 211 g/mol. The van der Waals surface area contributed by atoms with Crippen molar-refractivity contribution in [2.75, 3.05) is 26.2 Å². The van der Waals surface area contributed by atoms with Gasteiger partial charge in [0.1, 0.15) is 0 Å². The minimum Gasteiger partial charge on any atom is -0.329 e. The Morgan fingerprint density at radius 3 is 2.73 bits per heavy atom. The van der Waals surface area contributed by atoms with Gasteiger partial charge in [-0.2, -0.15) is 0 Å². The normalized spacial score (nSPS) is 34.0. The Hall–Kier alpha value is -0.120. The van der Waals surface area contributed by atoms with Crippen LogP contribution in [-0.2, 0) is 0 Å². The van der Waals surface area contributed by atoms with Crippen molar-refractivity contribution in [2.45, 2.75) is 50.6 Å². The lowest BCUT2D eigenvalue weighted by Gasteiger charge is -2.33. The summed E-state index contributed by atoms with van der Waals surface area (Å²) in [6.07, 6.45) is 6.51. The molecule has 0 amide bonds. The number of hydrogen-bond acceptors (Lipinski definition) is 3. The number of likely N-dealkylation sites (tertiary alicyclic amines) is 1. The fraction of sp³-hybridized carbons (Fsp3) is 1.00. The van der Waals surface area contributed by atoms with E-state index in [1.54, 1.807) is 0 Å². The highest BCUT2D eigenvalue weighted by Crippen LogP contribution is 2.28. The summed E-state index contributed by atoms with van der Waals surface area (Å²) < 4.78 is 0. The Labute approximate surface area is 93.4 Å². The van der Waals surface area contributed by atoms with Gasteiger partial charge in [0, 0.05) is 18.1 Å². The average molecular weight is 211 g/mol. The van der Waals surface area contributed by atoms with E-state index in [4.69, 9.17) is 5.73 Å². The minimum atomic E-state index is 0.255. The predicted octanol–water partition coefficient (Wildman–Crippen LogP) is 0.942. The number of nitrogens with two attached hydrogens (primary N) is 1. The van der Waals surface area contributed by atoms with Crippen molar-refractivity contribution < 1.29 is 0 Å². The number of nitrogens with zero attached hydrogens (tertiary/aromatic N) is 1. The van der Waals surface area contributed by atoms with E-state index in [1.165, 1.54) is 51.7 Å². The molecule has 3 N–H and O–H groups in total. The molecule has 0 aromatic heterocycles. The molecule has 15 heavy (non-hydrogen) atoms. The highest BCUT2D eigenvalue weighted by molar-refractivity contribution is 4.97. The van der Waals surface area contributed by atoms with Crippen LogP contribution in [0.1, 0.15) is 39.0 Å². The minimum absolute atomic E-state index is 0.255. The van der Waals surface area contributed by atoms with Gasteiger partial charge >= 0.3 is 0 Å². The van der Waals surface area contributed by atoms with Gasteiger partial charge in [-0.3, -0.25) is 0 Å². The smallest absolute Gasteiger partial charge is 0.0319 e. The molecule has 0 bridgehead atoms. The van der Waals surface area contributed by atoms with Crippen molar-refractivity contribution in [2.24, 2.45) is 5.73 Å². The van der Waals surface area contributed by atoms with Crippen molar-refractivity contribution >= 4 is 0 Å². The van der Waals surface area contributed by atoms with Gasteiger partial charge in [-0.05, 0) is 51.7 Å². The lowest BCUT2D eigenvalue weighted by atomic mass is 9.90. The van der Waals surface area contributed by atoms with Crippen LogP contribution in [0.5, 0.6) is 0 Å². The molecule has 1 aliphatic carbocycles. The maximum absolute atomic E-state index is 5.99. The molecule has 1 unspecified atom stereocenters. The van der Waals surface area contributed by atoms with Gasteiger partial charge in [-0.1, -0.05) is 6.92 Å². The zero-order valence-electron chi connectivity index (χ0n) is 9.97. The van der Waals surface area contributed by atoms with Gasteiger partial charge in [0.2, 0.25) is 0 Å². The zero-order valence-corrected chi connectivity index (χ0v) is 9.97. The summed E-state index contributed by atoms with van der Waals surface area (Å²) in [5.41, 5.74) is 6.24. The van der Waals surface area contributed by atoms with Crippen molar-refractivity contribution in [1.82, 2.24) is 10.2 Å². The van der Waals surface area contributed by atoms with E-state index < -0.39 is 0 Å². The van der Waals surface area contributed by atoms with Crippen molar-refractivity contribution in [1.29, 1.82) is 0 Å². The molecule has 2 aliphatic rings. The first-order chi connectivity index (χ1) is 7.28. The number of rotatable bonds is 4. The highest BCUT2D eigenvalue weighted by atomic mass is 15.1. The summed E-state index contributed by atoms with van der Waals surface area (Å²) in [5.74, 6) is 0. The van der Waals surface area contributed by atoms with Crippen LogP contribution in [0.2, 0.25) is 0 Å². The Balaban J connectivity index is 1.92. The third kappa shape index (κ3) is 2.92.